The molecule has 0 aromatic rings. The second kappa shape index (κ2) is 4.99. The van der Waals surface area contributed by atoms with Crippen LogP contribution < -0.4 is 4.72 Å². The molecule has 15 heavy (non-hydrogen) atoms. The average molecular weight is 256 g/mol. The van der Waals surface area contributed by atoms with Gasteiger partial charge in [-0.2, -0.15) is 0 Å². The van der Waals surface area contributed by atoms with Crippen molar-refractivity contribution >= 4 is 21.6 Å². The lowest BCUT2D eigenvalue weighted by molar-refractivity contribution is 0.0957. The first-order valence-corrected chi connectivity index (χ1v) is 7.27. The summed E-state index contributed by atoms with van der Waals surface area (Å²) in [5.41, 5.74) is -0.467. The highest BCUT2D eigenvalue weighted by atomic mass is 35.5. The van der Waals surface area contributed by atoms with Gasteiger partial charge in [0, 0.05) is 12.5 Å². The minimum atomic E-state index is -3.23. The number of rotatable bonds is 5. The summed E-state index contributed by atoms with van der Waals surface area (Å²) in [6.07, 6.45) is 1.11. The fourth-order valence-electron chi connectivity index (χ4n) is 1.62. The minimum Gasteiger partial charge on any atom is -0.376 e. The van der Waals surface area contributed by atoms with Crippen molar-refractivity contribution in [1.29, 1.82) is 0 Å². The van der Waals surface area contributed by atoms with E-state index < -0.39 is 15.6 Å². The average Bonchev–Trinajstić information content (AvgIpc) is 2.43. The second-order valence-corrected chi connectivity index (χ2v) is 6.36. The Kier molecular flexibility index (Phi) is 4.40. The molecular weight excluding hydrogens is 238 g/mol. The third-order valence-corrected chi connectivity index (χ3v) is 4.69. The van der Waals surface area contributed by atoms with Gasteiger partial charge in [0.15, 0.2) is 0 Å². The normalized spacial score (nSPS) is 32.1. The van der Waals surface area contributed by atoms with Gasteiger partial charge in [-0.05, 0) is 26.7 Å². The van der Waals surface area contributed by atoms with E-state index in [9.17, 15) is 8.42 Å². The lowest BCUT2D eigenvalue weighted by Gasteiger charge is -2.28. The molecule has 1 aliphatic heterocycles. The molecule has 1 rings (SSSR count). The third kappa shape index (κ3) is 3.59. The molecule has 2 atom stereocenters. The van der Waals surface area contributed by atoms with Crippen LogP contribution in [-0.2, 0) is 14.8 Å². The Hall–Kier alpha value is 0.160. The molecule has 6 heteroatoms. The van der Waals surface area contributed by atoms with Gasteiger partial charge in [-0.3, -0.25) is 0 Å². The van der Waals surface area contributed by atoms with E-state index in [0.29, 0.717) is 25.3 Å². The first-order valence-electron chi connectivity index (χ1n) is 5.09. The monoisotopic (exact) mass is 255 g/mol. The molecule has 0 bridgehead atoms. The number of halogens is 1. The van der Waals surface area contributed by atoms with Gasteiger partial charge < -0.3 is 4.74 Å². The summed E-state index contributed by atoms with van der Waals surface area (Å²) >= 11 is 5.47. The van der Waals surface area contributed by atoms with Gasteiger partial charge >= 0.3 is 0 Å². The zero-order chi connectivity index (χ0) is 11.5. The van der Waals surface area contributed by atoms with Crippen molar-refractivity contribution in [3.05, 3.63) is 0 Å². The number of nitrogens with one attached hydrogen (secondary N) is 1. The Balaban J connectivity index is 2.60. The van der Waals surface area contributed by atoms with Gasteiger partial charge in [0.25, 0.3) is 0 Å². The van der Waals surface area contributed by atoms with Crippen molar-refractivity contribution < 1.29 is 13.2 Å². The van der Waals surface area contributed by atoms with Crippen LogP contribution in [0.5, 0.6) is 0 Å². The standard InChI is InChI=1S/C9H18ClNO3S/c1-8-9(2,4-6-14-8)11-15(12,13)7-3-5-10/h8,11H,3-7H2,1-2H3. The van der Waals surface area contributed by atoms with Gasteiger partial charge in [-0.1, -0.05) is 0 Å². The summed E-state index contributed by atoms with van der Waals surface area (Å²) in [5, 5.41) is 0. The molecule has 1 saturated heterocycles. The number of hydrogen-bond donors (Lipinski definition) is 1. The molecule has 4 nitrogen and oxygen atoms in total. The maximum Gasteiger partial charge on any atom is 0.212 e. The van der Waals surface area contributed by atoms with E-state index in [2.05, 4.69) is 4.72 Å². The summed E-state index contributed by atoms with van der Waals surface area (Å²) in [5.74, 6) is 0.447. The molecule has 0 aliphatic carbocycles. The summed E-state index contributed by atoms with van der Waals surface area (Å²) in [4.78, 5) is 0. The van der Waals surface area contributed by atoms with Gasteiger partial charge in [-0.25, -0.2) is 13.1 Å². The van der Waals surface area contributed by atoms with Crippen molar-refractivity contribution in [3.63, 3.8) is 0 Å². The van der Waals surface area contributed by atoms with Crippen molar-refractivity contribution in [2.45, 2.75) is 38.3 Å². The van der Waals surface area contributed by atoms with E-state index in [-0.39, 0.29) is 11.9 Å². The molecule has 0 aromatic carbocycles. The van der Waals surface area contributed by atoms with Crippen LogP contribution in [-0.4, -0.2) is 38.3 Å². The van der Waals surface area contributed by atoms with Crippen molar-refractivity contribution in [2.24, 2.45) is 0 Å². The quantitative estimate of drug-likeness (QED) is 0.749. The van der Waals surface area contributed by atoms with Crippen molar-refractivity contribution in [3.8, 4) is 0 Å². The smallest absolute Gasteiger partial charge is 0.212 e. The van der Waals surface area contributed by atoms with Crippen LogP contribution >= 0.6 is 11.6 Å². The SMILES string of the molecule is CC1OCCC1(C)NS(=O)(=O)CCCCl. The molecular formula is C9H18ClNO3S. The van der Waals surface area contributed by atoms with Crippen LogP contribution in [0.15, 0.2) is 0 Å². The van der Waals surface area contributed by atoms with E-state index in [1.54, 1.807) is 0 Å². The zero-order valence-corrected chi connectivity index (χ0v) is 10.7. The third-order valence-electron chi connectivity index (χ3n) is 2.82. The highest BCUT2D eigenvalue weighted by molar-refractivity contribution is 7.89. The zero-order valence-electron chi connectivity index (χ0n) is 9.12. The lowest BCUT2D eigenvalue weighted by atomic mass is 9.97. The van der Waals surface area contributed by atoms with Crippen molar-refractivity contribution in [2.75, 3.05) is 18.2 Å². The van der Waals surface area contributed by atoms with Gasteiger partial charge in [-0.15, -0.1) is 11.6 Å². The molecule has 2 unspecified atom stereocenters. The van der Waals surface area contributed by atoms with Crippen LogP contribution in [0.3, 0.4) is 0 Å². The molecule has 0 amide bonds. The summed E-state index contributed by atoms with van der Waals surface area (Å²) in [6.45, 7) is 4.37. The van der Waals surface area contributed by atoms with E-state index in [0.717, 1.165) is 0 Å². The number of hydrogen-bond acceptors (Lipinski definition) is 3. The molecule has 0 aromatic heterocycles. The molecule has 90 valence electrons. The predicted octanol–water partition coefficient (Wildman–Crippen LogP) is 1.10. The molecule has 0 saturated carbocycles. The fraction of sp³-hybridized carbons (Fsp3) is 1.00. The minimum absolute atomic E-state index is 0.0803. The molecule has 1 N–H and O–H groups in total. The van der Waals surface area contributed by atoms with Crippen LogP contribution in [0.1, 0.15) is 26.7 Å². The van der Waals surface area contributed by atoms with Gasteiger partial charge in [0.1, 0.15) is 0 Å². The topological polar surface area (TPSA) is 55.4 Å². The Morgan fingerprint density at radius 3 is 2.73 bits per heavy atom. The predicted molar refractivity (Wildman–Crippen MR) is 60.7 cm³/mol. The number of alkyl halides is 1. The number of sulfonamides is 1. The molecule has 1 fully saturated rings. The van der Waals surface area contributed by atoms with Crippen LogP contribution in [0.25, 0.3) is 0 Å². The summed E-state index contributed by atoms with van der Waals surface area (Å²) in [7, 11) is -3.23. The van der Waals surface area contributed by atoms with Crippen LogP contribution in [0.2, 0.25) is 0 Å². The molecule has 0 radical (unpaired) electrons. The van der Waals surface area contributed by atoms with E-state index >= 15 is 0 Å². The van der Waals surface area contributed by atoms with Gasteiger partial charge in [0.05, 0.1) is 17.4 Å². The summed E-state index contributed by atoms with van der Waals surface area (Å²) < 4.78 is 31.4. The Morgan fingerprint density at radius 2 is 2.27 bits per heavy atom. The van der Waals surface area contributed by atoms with Crippen LogP contribution in [0, 0.1) is 0 Å². The maximum atomic E-state index is 11.7. The first kappa shape index (κ1) is 13.2. The van der Waals surface area contributed by atoms with E-state index in [4.69, 9.17) is 16.3 Å². The number of ether oxygens (including phenoxy) is 1. The largest absolute Gasteiger partial charge is 0.376 e. The molecule has 1 heterocycles. The Bertz CT molecular complexity index is 306. The second-order valence-electron chi connectivity index (χ2n) is 4.14. The maximum absolute atomic E-state index is 11.7. The van der Waals surface area contributed by atoms with E-state index in [1.807, 2.05) is 13.8 Å². The first-order chi connectivity index (χ1) is 6.90. The molecule has 0 spiro atoms. The Labute approximate surface area is 96.4 Å². The highest BCUT2D eigenvalue weighted by Crippen LogP contribution is 2.25. The highest BCUT2D eigenvalue weighted by Gasteiger charge is 2.39. The fourth-order valence-corrected chi connectivity index (χ4v) is 3.52. The van der Waals surface area contributed by atoms with Crippen molar-refractivity contribution in [1.82, 2.24) is 4.72 Å². The van der Waals surface area contributed by atoms with Crippen LogP contribution in [0.4, 0.5) is 0 Å². The van der Waals surface area contributed by atoms with E-state index in [1.165, 1.54) is 0 Å². The molecule has 1 aliphatic rings. The van der Waals surface area contributed by atoms with Gasteiger partial charge in [0.2, 0.25) is 10.0 Å². The Morgan fingerprint density at radius 1 is 1.60 bits per heavy atom. The summed E-state index contributed by atoms with van der Waals surface area (Å²) in [6, 6.07) is 0. The lowest BCUT2D eigenvalue weighted by Crippen LogP contribution is -2.51.